The molecular weight excluding hydrogens is 554 g/mol. The van der Waals surface area contributed by atoms with E-state index in [9.17, 15) is 19.2 Å². The number of nitrogens with zero attached hydrogens (tertiary/aromatic N) is 3. The quantitative estimate of drug-likeness (QED) is 0.293. The molecule has 0 heterocycles. The fraction of sp³-hybridized carbons (Fsp3) is 0.371. The van der Waals surface area contributed by atoms with Crippen LogP contribution >= 0.6 is 0 Å². The maximum absolute atomic E-state index is 14.3. The van der Waals surface area contributed by atoms with E-state index in [1.807, 2.05) is 86.6 Å². The fourth-order valence-corrected chi connectivity index (χ4v) is 4.78. The number of benzene rings is 3. The van der Waals surface area contributed by atoms with Crippen molar-refractivity contribution in [3.05, 3.63) is 96.1 Å². The van der Waals surface area contributed by atoms with Crippen molar-refractivity contribution in [3.63, 3.8) is 0 Å². The lowest BCUT2D eigenvalue weighted by atomic mass is 9.98. The molecule has 0 aliphatic carbocycles. The lowest BCUT2D eigenvalue weighted by molar-refractivity contribution is -0.146. The molecule has 0 fully saturated rings. The predicted octanol–water partition coefficient (Wildman–Crippen LogP) is 3.17. The van der Waals surface area contributed by atoms with Gasteiger partial charge in [-0.25, -0.2) is 0 Å². The first kappa shape index (κ1) is 34.0. The maximum atomic E-state index is 14.3. The molecule has 3 N–H and O–H groups in total. The number of likely N-dealkylation sites (N-methyl/N-ethyl adjacent to an activating group) is 3. The molecule has 9 nitrogen and oxygen atoms in total. The lowest BCUT2D eigenvalue weighted by Gasteiger charge is -2.34. The van der Waals surface area contributed by atoms with E-state index in [1.165, 1.54) is 20.8 Å². The topological polar surface area (TPSA) is 116 Å². The van der Waals surface area contributed by atoms with Crippen molar-refractivity contribution in [1.82, 2.24) is 20.0 Å². The summed E-state index contributed by atoms with van der Waals surface area (Å²) in [7, 11) is 6.39. The van der Waals surface area contributed by atoms with E-state index in [0.29, 0.717) is 6.42 Å². The minimum Gasteiger partial charge on any atom is -0.347 e. The van der Waals surface area contributed by atoms with Gasteiger partial charge in [-0.2, -0.15) is 0 Å². The van der Waals surface area contributed by atoms with Gasteiger partial charge in [0.25, 0.3) is 0 Å². The number of carbonyl (C=O) groups excluding carboxylic acids is 4. The van der Waals surface area contributed by atoms with Gasteiger partial charge in [0.15, 0.2) is 0 Å². The van der Waals surface area contributed by atoms with Gasteiger partial charge < -0.3 is 25.8 Å². The summed E-state index contributed by atoms with van der Waals surface area (Å²) in [6, 6.07) is 21.5. The van der Waals surface area contributed by atoms with Crippen molar-refractivity contribution in [1.29, 1.82) is 0 Å². The first-order valence-corrected chi connectivity index (χ1v) is 14.7. The summed E-state index contributed by atoms with van der Waals surface area (Å²) < 4.78 is 0. The van der Waals surface area contributed by atoms with Crippen molar-refractivity contribution in [2.45, 2.75) is 50.7 Å². The van der Waals surface area contributed by atoms with Gasteiger partial charge in [-0.3, -0.25) is 19.2 Å². The minimum absolute atomic E-state index is 0.194. The maximum Gasteiger partial charge on any atom is 0.246 e. The number of fused-ring (bicyclic) bond motifs is 1. The first-order valence-electron chi connectivity index (χ1n) is 14.7. The number of nitrogens with two attached hydrogens (primary N) is 1. The molecule has 0 radical (unpaired) electrons. The zero-order valence-corrected chi connectivity index (χ0v) is 26.6. The van der Waals surface area contributed by atoms with Crippen molar-refractivity contribution in [2.24, 2.45) is 5.73 Å². The highest BCUT2D eigenvalue weighted by Gasteiger charge is 2.35. The van der Waals surface area contributed by atoms with E-state index in [2.05, 4.69) is 5.32 Å². The summed E-state index contributed by atoms with van der Waals surface area (Å²) in [5, 5.41) is 4.79. The van der Waals surface area contributed by atoms with Gasteiger partial charge in [0.2, 0.25) is 23.6 Å². The molecule has 0 saturated carbocycles. The van der Waals surface area contributed by atoms with Crippen LogP contribution in [0.1, 0.15) is 31.4 Å². The van der Waals surface area contributed by atoms with Crippen molar-refractivity contribution in [2.75, 3.05) is 34.7 Å². The van der Waals surface area contributed by atoms with E-state index < -0.39 is 29.4 Å². The van der Waals surface area contributed by atoms with Gasteiger partial charge in [0.05, 0.1) is 6.54 Å². The molecule has 0 aromatic heterocycles. The van der Waals surface area contributed by atoms with E-state index in [4.69, 9.17) is 5.73 Å². The van der Waals surface area contributed by atoms with Crippen molar-refractivity contribution >= 4 is 34.4 Å². The van der Waals surface area contributed by atoms with Crippen LogP contribution in [0.2, 0.25) is 0 Å². The molecule has 4 amide bonds. The van der Waals surface area contributed by atoms with Crippen LogP contribution in [0.15, 0.2) is 84.9 Å². The van der Waals surface area contributed by atoms with Crippen LogP contribution in [0.4, 0.5) is 0 Å². The van der Waals surface area contributed by atoms with Crippen LogP contribution < -0.4 is 11.1 Å². The van der Waals surface area contributed by atoms with Gasteiger partial charge in [-0.1, -0.05) is 78.9 Å². The molecule has 3 aromatic carbocycles. The molecule has 0 bridgehead atoms. The van der Waals surface area contributed by atoms with E-state index in [0.717, 1.165) is 21.9 Å². The second-order valence-electron chi connectivity index (χ2n) is 12.1. The Morgan fingerprint density at radius 1 is 0.795 bits per heavy atom. The van der Waals surface area contributed by atoms with E-state index >= 15 is 0 Å². The van der Waals surface area contributed by atoms with Crippen molar-refractivity contribution in [3.8, 4) is 0 Å². The number of amides is 4. The van der Waals surface area contributed by atoms with Crippen LogP contribution in [-0.2, 0) is 32.0 Å². The molecule has 9 heteroatoms. The molecule has 0 aliphatic heterocycles. The average molecular weight is 600 g/mol. The van der Waals surface area contributed by atoms with Crippen LogP contribution in [0, 0.1) is 0 Å². The molecule has 234 valence electrons. The second kappa shape index (κ2) is 15.3. The predicted molar refractivity (Wildman–Crippen MR) is 175 cm³/mol. The summed E-state index contributed by atoms with van der Waals surface area (Å²) in [5.41, 5.74) is 7.33. The highest BCUT2D eigenvalue weighted by atomic mass is 16.2. The summed E-state index contributed by atoms with van der Waals surface area (Å²) in [6.45, 7) is 3.55. The van der Waals surface area contributed by atoms with Gasteiger partial charge in [-0.05, 0) is 48.2 Å². The van der Waals surface area contributed by atoms with Crippen LogP contribution in [0.25, 0.3) is 10.8 Å². The number of hydrogen-bond acceptors (Lipinski definition) is 5. The highest BCUT2D eigenvalue weighted by Crippen LogP contribution is 2.20. The van der Waals surface area contributed by atoms with E-state index in [-0.39, 0.29) is 31.2 Å². The average Bonchev–Trinajstić information content (AvgIpc) is 2.99. The van der Waals surface area contributed by atoms with Crippen LogP contribution in [0.5, 0.6) is 0 Å². The molecule has 0 spiro atoms. The smallest absolute Gasteiger partial charge is 0.246 e. The Labute approximate surface area is 260 Å². The molecule has 44 heavy (non-hydrogen) atoms. The second-order valence-corrected chi connectivity index (χ2v) is 12.1. The third-order valence-corrected chi connectivity index (χ3v) is 7.55. The zero-order valence-electron chi connectivity index (χ0n) is 26.6. The third kappa shape index (κ3) is 9.77. The normalized spacial score (nSPS) is 12.9. The summed E-state index contributed by atoms with van der Waals surface area (Å²) >= 11 is 0. The first-order chi connectivity index (χ1) is 20.8. The molecule has 0 unspecified atom stereocenters. The SMILES string of the molecule is CN(C)C(=O)CNC(=O)[C@@H](Cc1ccccc1)N(C)C(=O)[C@@H](Cc1ccc2ccccc2c1)N(C)C(=O)C=CCC(C)(C)N. The molecule has 0 saturated heterocycles. The van der Waals surface area contributed by atoms with Gasteiger partial charge in [0.1, 0.15) is 12.1 Å². The third-order valence-electron chi connectivity index (χ3n) is 7.55. The largest absolute Gasteiger partial charge is 0.347 e. The molecule has 3 rings (SSSR count). The molecule has 2 atom stereocenters. The van der Waals surface area contributed by atoms with Gasteiger partial charge in [-0.15, -0.1) is 0 Å². The van der Waals surface area contributed by atoms with E-state index in [1.54, 1.807) is 34.3 Å². The summed E-state index contributed by atoms with van der Waals surface area (Å²) in [4.78, 5) is 57.6. The monoisotopic (exact) mass is 599 g/mol. The molecular formula is C35H45N5O4. The van der Waals surface area contributed by atoms with Gasteiger partial charge in [0, 0.05) is 46.6 Å². The molecule has 0 aliphatic rings. The Kier molecular flexibility index (Phi) is 11.8. The highest BCUT2D eigenvalue weighted by molar-refractivity contribution is 5.95. The fourth-order valence-electron chi connectivity index (χ4n) is 4.78. The zero-order chi connectivity index (χ0) is 32.4. The lowest BCUT2D eigenvalue weighted by Crippen LogP contribution is -2.56. The Hall–Kier alpha value is -4.50. The Morgan fingerprint density at radius 2 is 1.41 bits per heavy atom. The van der Waals surface area contributed by atoms with Crippen molar-refractivity contribution < 1.29 is 19.2 Å². The van der Waals surface area contributed by atoms with Crippen LogP contribution in [-0.4, -0.2) is 90.7 Å². The number of rotatable bonds is 13. The number of hydrogen-bond donors (Lipinski definition) is 2. The van der Waals surface area contributed by atoms with Gasteiger partial charge >= 0.3 is 0 Å². The van der Waals surface area contributed by atoms with Crippen LogP contribution in [0.3, 0.4) is 0 Å². The number of carbonyl (C=O) groups is 4. The Morgan fingerprint density at radius 3 is 2.05 bits per heavy atom. The minimum atomic E-state index is -0.920. The Balaban J connectivity index is 1.95. The summed E-state index contributed by atoms with van der Waals surface area (Å²) in [6.07, 6.45) is 4.12. The summed E-state index contributed by atoms with van der Waals surface area (Å²) in [5.74, 6) is -1.46. The number of nitrogens with one attached hydrogen (secondary N) is 1. The Bertz CT molecular complexity index is 1480. The standard InChI is InChI=1S/C35H45N5O4/c1-35(2,36)20-12-17-31(41)39(5)30(23-26-18-19-27-15-10-11-16-28(27)21-26)34(44)40(6)29(22-25-13-8-7-9-14-25)33(43)37-24-32(42)38(3)4/h7-19,21,29-30H,20,22-24,36H2,1-6H3,(H,37,43)/t29-,30-/m1/s1. The molecule has 3 aromatic rings.